The molecule has 1 heterocycles. The highest BCUT2D eigenvalue weighted by atomic mass is 35.5. The second-order valence-corrected chi connectivity index (χ2v) is 5.41. The summed E-state index contributed by atoms with van der Waals surface area (Å²) in [5, 5.41) is 5.58. The Bertz CT molecular complexity index is 569. The number of nitrogens with two attached hydrogens (primary N) is 1. The van der Waals surface area contributed by atoms with E-state index in [2.05, 4.69) is 5.32 Å². The minimum absolute atomic E-state index is 0.0236. The van der Waals surface area contributed by atoms with Gasteiger partial charge in [0.05, 0.1) is 6.26 Å². The van der Waals surface area contributed by atoms with Crippen LogP contribution < -0.4 is 10.6 Å². The van der Waals surface area contributed by atoms with Gasteiger partial charge in [0.1, 0.15) is 6.04 Å². The third-order valence-electron chi connectivity index (χ3n) is 3.27. The molecule has 1 amide bonds. The first-order chi connectivity index (χ1) is 10.1. The molecular weight excluding hydrogens is 288 g/mol. The van der Waals surface area contributed by atoms with E-state index < -0.39 is 0 Å². The Morgan fingerprint density at radius 1 is 1.38 bits per heavy atom. The zero-order valence-electron chi connectivity index (χ0n) is 12.0. The van der Waals surface area contributed by atoms with Crippen LogP contribution in [0, 0.1) is 0 Å². The second kappa shape index (κ2) is 7.86. The minimum Gasteiger partial charge on any atom is -0.463 e. The molecule has 1 aromatic carbocycles. The smallest absolute Gasteiger partial charge is 0.275 e. The predicted molar refractivity (Wildman–Crippen MR) is 82.1 cm³/mol. The Morgan fingerprint density at radius 2 is 2.24 bits per heavy atom. The Labute approximate surface area is 129 Å². The first-order valence-corrected chi connectivity index (χ1v) is 7.41. The van der Waals surface area contributed by atoms with Gasteiger partial charge in [0.25, 0.3) is 5.91 Å². The SMILES string of the molecule is C[C@@H]([NH2+]CC(=O)NCCc1cccc(Cl)c1)c1ccco1. The lowest BCUT2D eigenvalue weighted by Gasteiger charge is -2.08. The number of hydrogen-bond donors (Lipinski definition) is 2. The molecule has 3 N–H and O–H groups in total. The van der Waals surface area contributed by atoms with E-state index in [0.717, 1.165) is 22.8 Å². The molecule has 5 heteroatoms. The van der Waals surface area contributed by atoms with Crippen LogP contribution in [0.1, 0.15) is 24.3 Å². The van der Waals surface area contributed by atoms with Crippen LogP contribution >= 0.6 is 11.6 Å². The summed E-state index contributed by atoms with van der Waals surface area (Å²) in [7, 11) is 0. The van der Waals surface area contributed by atoms with Gasteiger partial charge in [0.15, 0.2) is 12.3 Å². The number of carbonyl (C=O) groups is 1. The Morgan fingerprint density at radius 3 is 2.95 bits per heavy atom. The maximum atomic E-state index is 11.8. The largest absolute Gasteiger partial charge is 0.463 e. The summed E-state index contributed by atoms with van der Waals surface area (Å²) in [5.41, 5.74) is 1.12. The standard InChI is InChI=1S/C16H19ClN2O2/c1-12(15-6-3-9-21-15)19-11-16(20)18-8-7-13-4-2-5-14(17)10-13/h2-6,9-10,12,19H,7-8,11H2,1H3,(H,18,20)/p+1/t12-/m1/s1. The first kappa shape index (κ1) is 15.6. The average Bonchev–Trinajstić information content (AvgIpc) is 2.99. The molecule has 0 bridgehead atoms. The molecule has 21 heavy (non-hydrogen) atoms. The van der Waals surface area contributed by atoms with E-state index in [9.17, 15) is 4.79 Å². The Kier molecular flexibility index (Phi) is 5.84. The predicted octanol–water partition coefficient (Wildman–Crippen LogP) is 1.92. The highest BCUT2D eigenvalue weighted by molar-refractivity contribution is 6.30. The molecule has 0 aliphatic rings. The molecule has 0 spiro atoms. The molecule has 0 aliphatic heterocycles. The third kappa shape index (κ3) is 5.25. The van der Waals surface area contributed by atoms with Gasteiger partial charge >= 0.3 is 0 Å². The van der Waals surface area contributed by atoms with Gasteiger partial charge in [-0.1, -0.05) is 23.7 Å². The van der Waals surface area contributed by atoms with Crippen LogP contribution in [-0.4, -0.2) is 19.0 Å². The number of halogens is 1. The van der Waals surface area contributed by atoms with Gasteiger partial charge in [-0.05, 0) is 43.2 Å². The van der Waals surface area contributed by atoms with E-state index in [-0.39, 0.29) is 11.9 Å². The maximum absolute atomic E-state index is 11.8. The van der Waals surface area contributed by atoms with Crippen molar-refractivity contribution in [2.75, 3.05) is 13.1 Å². The summed E-state index contributed by atoms with van der Waals surface area (Å²) in [6.07, 6.45) is 2.42. The first-order valence-electron chi connectivity index (χ1n) is 7.03. The molecule has 2 rings (SSSR count). The van der Waals surface area contributed by atoms with Crippen molar-refractivity contribution in [2.24, 2.45) is 0 Å². The third-order valence-corrected chi connectivity index (χ3v) is 3.51. The van der Waals surface area contributed by atoms with Crippen LogP contribution in [-0.2, 0) is 11.2 Å². The number of carbonyl (C=O) groups excluding carboxylic acids is 1. The van der Waals surface area contributed by atoms with Gasteiger partial charge in [-0.2, -0.15) is 0 Å². The normalized spacial score (nSPS) is 12.1. The zero-order chi connectivity index (χ0) is 15.1. The summed E-state index contributed by atoms with van der Waals surface area (Å²) in [6, 6.07) is 11.6. The molecular formula is C16H20ClN2O2+. The Hall–Kier alpha value is -1.78. The monoisotopic (exact) mass is 307 g/mol. The summed E-state index contributed by atoms with van der Waals surface area (Å²) < 4.78 is 5.30. The quantitative estimate of drug-likeness (QED) is 0.821. The summed E-state index contributed by atoms with van der Waals surface area (Å²) in [6.45, 7) is 3.01. The molecule has 0 saturated carbocycles. The molecule has 0 fully saturated rings. The number of hydrogen-bond acceptors (Lipinski definition) is 2. The fraction of sp³-hybridized carbons (Fsp3) is 0.312. The number of quaternary nitrogens is 1. The molecule has 112 valence electrons. The van der Waals surface area contributed by atoms with Gasteiger partial charge in [0.2, 0.25) is 0 Å². The van der Waals surface area contributed by atoms with E-state index in [1.54, 1.807) is 6.26 Å². The van der Waals surface area contributed by atoms with Crippen LogP contribution in [0.25, 0.3) is 0 Å². The molecule has 4 nitrogen and oxygen atoms in total. The van der Waals surface area contributed by atoms with Crippen molar-refractivity contribution in [3.8, 4) is 0 Å². The summed E-state index contributed by atoms with van der Waals surface area (Å²) >= 11 is 5.92. The van der Waals surface area contributed by atoms with Crippen molar-refractivity contribution in [1.29, 1.82) is 0 Å². The van der Waals surface area contributed by atoms with E-state index >= 15 is 0 Å². The van der Waals surface area contributed by atoms with Gasteiger partial charge in [-0.3, -0.25) is 4.79 Å². The van der Waals surface area contributed by atoms with E-state index in [1.165, 1.54) is 0 Å². The van der Waals surface area contributed by atoms with Crippen LogP contribution in [0.4, 0.5) is 0 Å². The summed E-state index contributed by atoms with van der Waals surface area (Å²) in [4.78, 5) is 11.8. The second-order valence-electron chi connectivity index (χ2n) is 4.97. The molecule has 0 aliphatic carbocycles. The van der Waals surface area contributed by atoms with Crippen LogP contribution in [0.3, 0.4) is 0 Å². The molecule has 0 unspecified atom stereocenters. The van der Waals surface area contributed by atoms with Crippen LogP contribution in [0.15, 0.2) is 47.1 Å². The van der Waals surface area contributed by atoms with E-state index in [4.69, 9.17) is 16.0 Å². The molecule has 1 aromatic heterocycles. The van der Waals surface area contributed by atoms with Crippen molar-refractivity contribution >= 4 is 17.5 Å². The number of furan rings is 1. The number of benzene rings is 1. The molecule has 0 saturated heterocycles. The van der Waals surface area contributed by atoms with Crippen molar-refractivity contribution in [3.63, 3.8) is 0 Å². The van der Waals surface area contributed by atoms with Crippen LogP contribution in [0.2, 0.25) is 5.02 Å². The average molecular weight is 308 g/mol. The highest BCUT2D eigenvalue weighted by Gasteiger charge is 2.13. The molecule has 0 radical (unpaired) electrons. The highest BCUT2D eigenvalue weighted by Crippen LogP contribution is 2.10. The van der Waals surface area contributed by atoms with Gasteiger partial charge in [0, 0.05) is 11.6 Å². The van der Waals surface area contributed by atoms with E-state index in [1.807, 2.05) is 48.6 Å². The van der Waals surface area contributed by atoms with Crippen molar-refractivity contribution < 1.29 is 14.5 Å². The van der Waals surface area contributed by atoms with Gasteiger partial charge in [-0.25, -0.2) is 0 Å². The number of rotatable bonds is 7. The number of nitrogens with one attached hydrogen (secondary N) is 1. The lowest BCUT2D eigenvalue weighted by atomic mass is 10.1. The molecule has 2 aromatic rings. The molecule has 1 atom stereocenters. The van der Waals surface area contributed by atoms with Crippen LogP contribution in [0.5, 0.6) is 0 Å². The fourth-order valence-corrected chi connectivity index (χ4v) is 2.27. The lowest BCUT2D eigenvalue weighted by molar-refractivity contribution is -0.684. The topological polar surface area (TPSA) is 58.9 Å². The summed E-state index contributed by atoms with van der Waals surface area (Å²) in [5.74, 6) is 0.900. The van der Waals surface area contributed by atoms with Crippen molar-refractivity contribution in [3.05, 3.63) is 59.0 Å². The van der Waals surface area contributed by atoms with E-state index in [0.29, 0.717) is 13.1 Å². The number of amides is 1. The lowest BCUT2D eigenvalue weighted by Crippen LogP contribution is -2.87. The zero-order valence-corrected chi connectivity index (χ0v) is 12.8. The minimum atomic E-state index is 0.0236. The Balaban J connectivity index is 1.66. The fourth-order valence-electron chi connectivity index (χ4n) is 2.06. The van der Waals surface area contributed by atoms with Gasteiger partial charge in [-0.15, -0.1) is 0 Å². The van der Waals surface area contributed by atoms with Crippen molar-refractivity contribution in [1.82, 2.24) is 5.32 Å². The van der Waals surface area contributed by atoms with Crippen molar-refractivity contribution in [2.45, 2.75) is 19.4 Å². The maximum Gasteiger partial charge on any atom is 0.275 e. The van der Waals surface area contributed by atoms with Gasteiger partial charge < -0.3 is 15.1 Å².